The molecule has 1 aliphatic rings. The van der Waals surface area contributed by atoms with Gasteiger partial charge >= 0.3 is 0 Å². The van der Waals surface area contributed by atoms with Crippen LogP contribution in [0.4, 0.5) is 4.39 Å². The molecular weight excluding hydrogens is 405 g/mol. The van der Waals surface area contributed by atoms with Crippen LogP contribution in [-0.4, -0.2) is 54.2 Å². The van der Waals surface area contributed by atoms with Crippen LogP contribution in [0.5, 0.6) is 11.5 Å². The number of nitrogens with zero attached hydrogens (tertiary/aromatic N) is 3. The van der Waals surface area contributed by atoms with E-state index in [-0.39, 0.29) is 17.6 Å². The molecule has 0 bridgehead atoms. The molecule has 1 atom stereocenters. The van der Waals surface area contributed by atoms with Crippen LogP contribution in [-0.2, 0) is 0 Å². The van der Waals surface area contributed by atoms with Crippen molar-refractivity contribution in [3.05, 3.63) is 58.9 Å². The predicted octanol–water partition coefficient (Wildman–Crippen LogP) is 5.03. The lowest BCUT2D eigenvalue weighted by Gasteiger charge is -2.40. The van der Waals surface area contributed by atoms with Gasteiger partial charge in [0, 0.05) is 44.3 Å². The zero-order chi connectivity index (χ0) is 22.9. The highest BCUT2D eigenvalue weighted by molar-refractivity contribution is 5.48. The number of phenolic OH excluding ortho intramolecular Hbond substituents is 1. The zero-order valence-corrected chi connectivity index (χ0v) is 19.2. The molecule has 32 heavy (non-hydrogen) atoms. The van der Waals surface area contributed by atoms with E-state index in [0.717, 1.165) is 63.1 Å². The first-order chi connectivity index (χ1) is 15.5. The summed E-state index contributed by atoms with van der Waals surface area (Å²) in [6.45, 7) is 9.25. The summed E-state index contributed by atoms with van der Waals surface area (Å²) in [5.41, 5.74) is 2.38. The van der Waals surface area contributed by atoms with Crippen molar-refractivity contribution in [1.82, 2.24) is 9.80 Å². The highest BCUT2D eigenvalue weighted by Gasteiger charge is 2.27. The van der Waals surface area contributed by atoms with Gasteiger partial charge in [-0.3, -0.25) is 9.80 Å². The normalized spacial score (nSPS) is 15.9. The maximum Gasteiger partial charge on any atom is 0.123 e. The summed E-state index contributed by atoms with van der Waals surface area (Å²) < 4.78 is 18.8. The largest absolute Gasteiger partial charge is 0.508 e. The van der Waals surface area contributed by atoms with Gasteiger partial charge in [-0.15, -0.1) is 0 Å². The third-order valence-corrected chi connectivity index (χ3v) is 6.27. The van der Waals surface area contributed by atoms with E-state index < -0.39 is 0 Å². The molecule has 0 aliphatic carbocycles. The first kappa shape index (κ1) is 24.0. The summed E-state index contributed by atoms with van der Waals surface area (Å²) >= 11 is 0. The number of aromatic hydroxyl groups is 1. The summed E-state index contributed by atoms with van der Waals surface area (Å²) in [5.74, 6) is 0.655. The van der Waals surface area contributed by atoms with Crippen molar-refractivity contribution in [2.75, 3.05) is 39.3 Å². The summed E-state index contributed by atoms with van der Waals surface area (Å²) in [4.78, 5) is 4.85. The van der Waals surface area contributed by atoms with Gasteiger partial charge in [0.05, 0.1) is 11.6 Å². The van der Waals surface area contributed by atoms with Gasteiger partial charge in [0.25, 0.3) is 0 Å². The number of nitriles is 1. The Morgan fingerprint density at radius 2 is 1.84 bits per heavy atom. The van der Waals surface area contributed by atoms with E-state index in [0.29, 0.717) is 17.9 Å². The fourth-order valence-electron chi connectivity index (χ4n) is 4.35. The maximum atomic E-state index is 13.0. The van der Waals surface area contributed by atoms with Crippen LogP contribution in [0.2, 0.25) is 0 Å². The minimum atomic E-state index is -0.259. The van der Waals surface area contributed by atoms with Gasteiger partial charge in [0.2, 0.25) is 0 Å². The smallest absolute Gasteiger partial charge is 0.123 e. The quantitative estimate of drug-likeness (QED) is 0.526. The molecule has 1 aliphatic heterocycles. The van der Waals surface area contributed by atoms with Crippen molar-refractivity contribution in [3.63, 3.8) is 0 Å². The Morgan fingerprint density at radius 3 is 2.50 bits per heavy atom. The van der Waals surface area contributed by atoms with Crippen molar-refractivity contribution < 1.29 is 14.2 Å². The first-order valence-corrected chi connectivity index (χ1v) is 11.6. The van der Waals surface area contributed by atoms with Gasteiger partial charge in [0.1, 0.15) is 23.9 Å². The lowest BCUT2D eigenvalue weighted by atomic mass is 9.94. The highest BCUT2D eigenvalue weighted by Crippen LogP contribution is 2.35. The number of ether oxygens (including phenoxy) is 1. The topological polar surface area (TPSA) is 59.7 Å². The van der Waals surface area contributed by atoms with Crippen molar-refractivity contribution in [2.24, 2.45) is 0 Å². The second-order valence-electron chi connectivity index (χ2n) is 8.53. The fraction of sp³-hybridized carbons (Fsp3) is 0.500. The average Bonchev–Trinajstić information content (AvgIpc) is 2.80. The average molecular weight is 440 g/mol. The summed E-state index contributed by atoms with van der Waals surface area (Å²) in [6, 6.07) is 12.1. The number of hydrogen-bond donors (Lipinski definition) is 1. The third-order valence-electron chi connectivity index (χ3n) is 6.27. The van der Waals surface area contributed by atoms with Crippen molar-refractivity contribution in [1.29, 1.82) is 5.26 Å². The van der Waals surface area contributed by atoms with Gasteiger partial charge < -0.3 is 9.84 Å². The molecule has 1 N–H and O–H groups in total. The minimum absolute atomic E-state index is 0.158. The molecule has 0 spiro atoms. The molecule has 6 heteroatoms. The lowest BCUT2D eigenvalue weighted by molar-refractivity contribution is 0.0808. The Kier molecular flexibility index (Phi) is 8.90. The summed E-state index contributed by atoms with van der Waals surface area (Å²) in [7, 11) is 0. The Morgan fingerprint density at radius 1 is 1.12 bits per heavy atom. The molecule has 1 saturated heterocycles. The summed E-state index contributed by atoms with van der Waals surface area (Å²) in [5, 5.41) is 19.9. The number of aryl methyl sites for hydroxylation is 1. The SMILES string of the molecule is CCCCCC(c1cc(C)c(C#N)cc1O)N1CCN(CCOc2ccc(F)cc2)CC1. The van der Waals surface area contributed by atoms with Crippen molar-refractivity contribution in [3.8, 4) is 17.6 Å². The van der Waals surface area contributed by atoms with Crippen LogP contribution in [0.1, 0.15) is 55.3 Å². The van der Waals surface area contributed by atoms with E-state index in [1.165, 1.54) is 18.6 Å². The van der Waals surface area contributed by atoms with Gasteiger partial charge in [-0.05, 0) is 55.3 Å². The lowest BCUT2D eigenvalue weighted by Crippen LogP contribution is -2.48. The Bertz CT molecular complexity index is 903. The number of piperazine rings is 1. The standard InChI is InChI=1S/C26H34FN3O2/c1-3-4-5-6-25(24-17-20(2)21(19-28)18-26(24)31)30-13-11-29(12-14-30)15-16-32-23-9-7-22(27)8-10-23/h7-10,17-18,25,31H,3-6,11-16H2,1-2H3. The molecule has 2 aromatic rings. The van der Waals surface area contributed by atoms with E-state index in [9.17, 15) is 14.8 Å². The fourth-order valence-corrected chi connectivity index (χ4v) is 4.35. The van der Waals surface area contributed by atoms with Crippen molar-refractivity contribution >= 4 is 0 Å². The number of phenols is 1. The van der Waals surface area contributed by atoms with E-state index in [1.54, 1.807) is 18.2 Å². The molecule has 0 radical (unpaired) electrons. The predicted molar refractivity (Wildman–Crippen MR) is 124 cm³/mol. The number of rotatable bonds is 10. The van der Waals surface area contributed by atoms with Crippen molar-refractivity contribution in [2.45, 2.75) is 45.6 Å². The highest BCUT2D eigenvalue weighted by atomic mass is 19.1. The molecule has 1 unspecified atom stereocenters. The second kappa shape index (κ2) is 11.8. The molecule has 0 amide bonds. The number of benzene rings is 2. The van der Waals surface area contributed by atoms with Gasteiger partial charge in [-0.25, -0.2) is 4.39 Å². The monoisotopic (exact) mass is 439 g/mol. The Balaban J connectivity index is 1.58. The molecule has 3 rings (SSSR count). The second-order valence-corrected chi connectivity index (χ2v) is 8.53. The zero-order valence-electron chi connectivity index (χ0n) is 19.2. The van der Waals surface area contributed by atoms with E-state index in [4.69, 9.17) is 4.74 Å². The number of unbranched alkanes of at least 4 members (excludes halogenated alkanes) is 2. The Labute approximate surface area is 191 Å². The van der Waals surface area contributed by atoms with Crippen LogP contribution in [0.25, 0.3) is 0 Å². The molecule has 0 saturated carbocycles. The van der Waals surface area contributed by atoms with Crippen LogP contribution >= 0.6 is 0 Å². The van der Waals surface area contributed by atoms with Crippen LogP contribution in [0.15, 0.2) is 36.4 Å². The van der Waals surface area contributed by atoms with Gasteiger partial charge in [0.15, 0.2) is 0 Å². The Hall–Kier alpha value is -2.62. The molecule has 1 fully saturated rings. The van der Waals surface area contributed by atoms with Crippen LogP contribution in [0.3, 0.4) is 0 Å². The molecule has 2 aromatic carbocycles. The molecule has 1 heterocycles. The van der Waals surface area contributed by atoms with Gasteiger partial charge in [-0.2, -0.15) is 5.26 Å². The maximum absolute atomic E-state index is 13.0. The minimum Gasteiger partial charge on any atom is -0.508 e. The van der Waals surface area contributed by atoms with E-state index in [2.05, 4.69) is 22.8 Å². The molecule has 0 aromatic heterocycles. The molecule has 172 valence electrons. The van der Waals surface area contributed by atoms with Crippen LogP contribution < -0.4 is 4.74 Å². The summed E-state index contributed by atoms with van der Waals surface area (Å²) in [6.07, 6.45) is 4.45. The number of halogens is 1. The molecular formula is C26H34FN3O2. The van der Waals surface area contributed by atoms with Gasteiger partial charge in [-0.1, -0.05) is 26.2 Å². The number of hydrogen-bond acceptors (Lipinski definition) is 5. The first-order valence-electron chi connectivity index (χ1n) is 11.6. The van der Waals surface area contributed by atoms with Crippen LogP contribution in [0, 0.1) is 24.1 Å². The third kappa shape index (κ3) is 6.44. The molecule has 5 nitrogen and oxygen atoms in total. The van der Waals surface area contributed by atoms with E-state index >= 15 is 0 Å². The van der Waals surface area contributed by atoms with E-state index in [1.807, 2.05) is 13.0 Å².